The average molecular weight is 272 g/mol. The third-order valence-corrected chi connectivity index (χ3v) is 3.55. The number of rotatable bonds is 1. The zero-order chi connectivity index (χ0) is 13.4. The van der Waals surface area contributed by atoms with Crippen molar-refractivity contribution in [3.63, 3.8) is 0 Å². The van der Waals surface area contributed by atoms with E-state index in [1.807, 2.05) is 26.0 Å². The van der Waals surface area contributed by atoms with Crippen molar-refractivity contribution < 1.29 is 9.53 Å². The average Bonchev–Trinajstić information content (AvgIpc) is 2.86. The van der Waals surface area contributed by atoms with Crippen LogP contribution in [0.1, 0.15) is 27.2 Å². The molecular formula is C14H12N2O2S. The molecule has 0 spiro atoms. The molecule has 0 N–H and O–H groups in total. The standard InChI is InChI=1S/C14H12N2O2S/c1-8-3-9(2)14-12(4-8)13(17)10(6-18-14)5-11-7-19-16-15-11/h3-5,7H,6H2,1-2H3/b10-5+. The first kappa shape index (κ1) is 12.0. The summed E-state index contributed by atoms with van der Waals surface area (Å²) in [5, 5.41) is 5.72. The summed E-state index contributed by atoms with van der Waals surface area (Å²) in [6.45, 7) is 4.22. The largest absolute Gasteiger partial charge is 0.488 e. The second-order valence-electron chi connectivity index (χ2n) is 4.58. The Hall–Kier alpha value is -2.01. The van der Waals surface area contributed by atoms with Gasteiger partial charge in [0.15, 0.2) is 5.78 Å². The number of ketones is 1. The number of hydrogen-bond acceptors (Lipinski definition) is 5. The minimum atomic E-state index is 0.0149. The van der Waals surface area contributed by atoms with Crippen LogP contribution in [0.25, 0.3) is 6.08 Å². The summed E-state index contributed by atoms with van der Waals surface area (Å²) < 4.78 is 9.49. The third-order valence-electron chi connectivity index (χ3n) is 3.03. The fraction of sp³-hybridized carbons (Fsp3) is 0.214. The molecule has 4 nitrogen and oxygen atoms in total. The Labute approximate surface area is 114 Å². The van der Waals surface area contributed by atoms with Gasteiger partial charge in [-0.25, -0.2) is 0 Å². The highest BCUT2D eigenvalue weighted by Crippen LogP contribution is 2.32. The molecule has 0 amide bonds. The van der Waals surface area contributed by atoms with Crippen molar-refractivity contribution in [1.29, 1.82) is 0 Å². The van der Waals surface area contributed by atoms with E-state index in [1.54, 1.807) is 11.5 Å². The number of benzene rings is 1. The first-order valence-corrected chi connectivity index (χ1v) is 6.75. The second-order valence-corrected chi connectivity index (χ2v) is 5.19. The summed E-state index contributed by atoms with van der Waals surface area (Å²) in [7, 11) is 0. The van der Waals surface area contributed by atoms with Gasteiger partial charge in [0.05, 0.1) is 11.3 Å². The minimum Gasteiger partial charge on any atom is -0.488 e. The van der Waals surface area contributed by atoms with E-state index >= 15 is 0 Å². The highest BCUT2D eigenvalue weighted by atomic mass is 32.1. The van der Waals surface area contributed by atoms with E-state index in [0.29, 0.717) is 22.6 Å². The Balaban J connectivity index is 2.05. The SMILES string of the molecule is Cc1cc(C)c2c(c1)C(=O)/C(=C/c1csnn1)CO2. The lowest BCUT2D eigenvalue weighted by Gasteiger charge is -2.21. The molecule has 1 aromatic carbocycles. The summed E-state index contributed by atoms with van der Waals surface area (Å²) in [6, 6.07) is 3.89. The number of nitrogens with zero attached hydrogens (tertiary/aromatic N) is 2. The van der Waals surface area contributed by atoms with E-state index in [9.17, 15) is 4.79 Å². The van der Waals surface area contributed by atoms with Gasteiger partial charge in [-0.1, -0.05) is 10.6 Å². The normalized spacial score (nSPS) is 16.3. The Morgan fingerprint density at radius 2 is 2.21 bits per heavy atom. The molecule has 96 valence electrons. The summed E-state index contributed by atoms with van der Waals surface area (Å²) >= 11 is 1.26. The van der Waals surface area contributed by atoms with Crippen LogP contribution in [0.4, 0.5) is 0 Å². The van der Waals surface area contributed by atoms with Crippen molar-refractivity contribution in [3.8, 4) is 5.75 Å². The van der Waals surface area contributed by atoms with Crippen LogP contribution in [0.3, 0.4) is 0 Å². The van der Waals surface area contributed by atoms with Gasteiger partial charge in [0, 0.05) is 11.0 Å². The fourth-order valence-corrected chi connectivity index (χ4v) is 2.64. The third kappa shape index (κ3) is 2.17. The number of hydrogen-bond donors (Lipinski definition) is 0. The van der Waals surface area contributed by atoms with Gasteiger partial charge in [-0.3, -0.25) is 4.79 Å². The molecule has 0 unspecified atom stereocenters. The molecule has 0 saturated carbocycles. The van der Waals surface area contributed by atoms with Crippen molar-refractivity contribution in [3.05, 3.63) is 45.5 Å². The molecule has 0 radical (unpaired) electrons. The van der Waals surface area contributed by atoms with E-state index in [4.69, 9.17) is 4.74 Å². The molecule has 2 heterocycles. The van der Waals surface area contributed by atoms with Crippen molar-refractivity contribution in [1.82, 2.24) is 9.59 Å². The van der Waals surface area contributed by atoms with E-state index < -0.39 is 0 Å². The van der Waals surface area contributed by atoms with Gasteiger partial charge < -0.3 is 4.74 Å². The molecule has 3 rings (SSSR count). The highest BCUT2D eigenvalue weighted by molar-refractivity contribution is 7.03. The molecule has 0 fully saturated rings. The lowest BCUT2D eigenvalue weighted by atomic mass is 9.95. The second kappa shape index (κ2) is 4.59. The zero-order valence-corrected chi connectivity index (χ0v) is 11.5. The molecule has 1 aliphatic heterocycles. The van der Waals surface area contributed by atoms with Crippen LogP contribution in [-0.4, -0.2) is 22.0 Å². The molecule has 0 aliphatic carbocycles. The Kier molecular flexibility index (Phi) is 2.91. The number of Topliss-reactive ketones (excluding diaryl/α,β-unsaturated/α-hetero) is 1. The minimum absolute atomic E-state index is 0.0149. The molecule has 1 aromatic heterocycles. The van der Waals surface area contributed by atoms with Crippen LogP contribution < -0.4 is 4.74 Å². The topological polar surface area (TPSA) is 52.1 Å². The summed E-state index contributed by atoms with van der Waals surface area (Å²) in [6.07, 6.45) is 1.74. The van der Waals surface area contributed by atoms with Gasteiger partial charge in [0.2, 0.25) is 0 Å². The molecular weight excluding hydrogens is 260 g/mol. The first-order valence-electron chi connectivity index (χ1n) is 5.91. The first-order chi connectivity index (χ1) is 9.15. The quantitative estimate of drug-likeness (QED) is 0.749. The van der Waals surface area contributed by atoms with Crippen molar-refractivity contribution in [2.24, 2.45) is 0 Å². The van der Waals surface area contributed by atoms with Gasteiger partial charge in [0.25, 0.3) is 0 Å². The number of carbonyl (C=O) groups is 1. The summed E-state index contributed by atoms with van der Waals surface area (Å²) in [5.74, 6) is 0.713. The van der Waals surface area contributed by atoms with Crippen LogP contribution in [0.15, 0.2) is 23.1 Å². The monoisotopic (exact) mass is 272 g/mol. The van der Waals surface area contributed by atoms with Crippen molar-refractivity contribution in [2.75, 3.05) is 6.61 Å². The highest BCUT2D eigenvalue weighted by Gasteiger charge is 2.25. The maximum atomic E-state index is 12.5. The lowest BCUT2D eigenvalue weighted by Crippen LogP contribution is -2.20. The smallest absolute Gasteiger partial charge is 0.196 e. The molecule has 0 bridgehead atoms. The maximum Gasteiger partial charge on any atom is 0.196 e. The molecule has 1 aliphatic rings. The van der Waals surface area contributed by atoms with Gasteiger partial charge in [-0.05, 0) is 48.6 Å². The predicted octanol–water partition coefficient (Wildman–Crippen LogP) is 2.81. The van der Waals surface area contributed by atoms with Crippen LogP contribution in [0.2, 0.25) is 0 Å². The Morgan fingerprint density at radius 3 is 2.95 bits per heavy atom. The maximum absolute atomic E-state index is 12.5. The van der Waals surface area contributed by atoms with Gasteiger partial charge in [-0.2, -0.15) is 0 Å². The van der Waals surface area contributed by atoms with Crippen molar-refractivity contribution in [2.45, 2.75) is 13.8 Å². The van der Waals surface area contributed by atoms with Gasteiger partial charge >= 0.3 is 0 Å². The van der Waals surface area contributed by atoms with E-state index in [-0.39, 0.29) is 12.4 Å². The fourth-order valence-electron chi connectivity index (χ4n) is 2.22. The van der Waals surface area contributed by atoms with E-state index in [2.05, 4.69) is 9.59 Å². The number of aromatic nitrogens is 2. The van der Waals surface area contributed by atoms with Crippen LogP contribution in [-0.2, 0) is 0 Å². The lowest BCUT2D eigenvalue weighted by molar-refractivity contribution is 0.1000. The predicted molar refractivity (Wildman–Crippen MR) is 73.6 cm³/mol. The van der Waals surface area contributed by atoms with Gasteiger partial charge in [0.1, 0.15) is 12.4 Å². The molecule has 19 heavy (non-hydrogen) atoms. The summed E-state index contributed by atoms with van der Waals surface area (Å²) in [4.78, 5) is 12.5. The molecule has 0 saturated heterocycles. The molecule has 2 aromatic rings. The number of fused-ring (bicyclic) bond motifs is 1. The van der Waals surface area contributed by atoms with Crippen LogP contribution in [0, 0.1) is 13.8 Å². The summed E-state index contributed by atoms with van der Waals surface area (Å²) in [5.41, 5.74) is 4.01. The number of carbonyl (C=O) groups excluding carboxylic acids is 1. The van der Waals surface area contributed by atoms with Crippen molar-refractivity contribution >= 4 is 23.4 Å². The van der Waals surface area contributed by atoms with Crippen LogP contribution in [0.5, 0.6) is 5.75 Å². The Morgan fingerprint density at radius 1 is 1.37 bits per heavy atom. The zero-order valence-electron chi connectivity index (χ0n) is 10.6. The van der Waals surface area contributed by atoms with Crippen LogP contribution >= 0.6 is 11.5 Å². The number of aryl methyl sites for hydroxylation is 2. The Bertz CT molecular complexity index is 675. The van der Waals surface area contributed by atoms with Gasteiger partial charge in [-0.15, -0.1) is 5.10 Å². The van der Waals surface area contributed by atoms with E-state index in [1.165, 1.54) is 11.5 Å². The molecule has 0 atom stereocenters. The number of ether oxygens (including phenoxy) is 1. The molecule has 5 heteroatoms. The van der Waals surface area contributed by atoms with E-state index in [0.717, 1.165) is 11.1 Å².